The molecule has 1 amide bonds. The molecule has 0 N–H and O–H groups in total. The number of carbonyl (C=O) groups is 1. The number of hydrogen-bond acceptors (Lipinski definition) is 5. The number of benzene rings is 1. The lowest BCUT2D eigenvalue weighted by atomic mass is 9.96. The summed E-state index contributed by atoms with van der Waals surface area (Å²) in [6, 6.07) is 1.01. The van der Waals surface area contributed by atoms with Crippen LogP contribution in [-0.2, 0) is 25.2 Å². The van der Waals surface area contributed by atoms with Crippen molar-refractivity contribution in [2.24, 2.45) is 0 Å². The van der Waals surface area contributed by atoms with Crippen molar-refractivity contribution in [3.8, 4) is 0 Å². The summed E-state index contributed by atoms with van der Waals surface area (Å²) < 4.78 is 79.7. The van der Waals surface area contributed by atoms with Crippen LogP contribution in [0.1, 0.15) is 70.4 Å². The lowest BCUT2D eigenvalue weighted by Crippen LogP contribution is -2.49. The first-order valence-electron chi connectivity index (χ1n) is 12.5. The van der Waals surface area contributed by atoms with E-state index in [1.165, 1.54) is 15.3 Å². The largest absolute Gasteiger partial charge is 0.416 e. The number of hydrogen-bond donors (Lipinski definition) is 0. The van der Waals surface area contributed by atoms with Crippen LogP contribution in [-0.4, -0.2) is 47.0 Å². The predicted octanol–water partition coefficient (Wildman–Crippen LogP) is 6.69. The molecule has 1 aromatic carbocycles. The second-order valence-corrected chi connectivity index (χ2v) is 11.1. The molecule has 1 aliphatic carbocycles. The van der Waals surface area contributed by atoms with Crippen LogP contribution >= 0.6 is 11.3 Å². The highest BCUT2D eigenvalue weighted by Gasteiger charge is 2.38. The van der Waals surface area contributed by atoms with Gasteiger partial charge in [0.25, 0.3) is 5.91 Å². The molecule has 12 heteroatoms. The maximum atomic E-state index is 13.3. The van der Waals surface area contributed by atoms with Gasteiger partial charge in [0.2, 0.25) is 0 Å². The number of carbonyl (C=O) groups excluding carboxylic acids is 1. The van der Waals surface area contributed by atoms with Gasteiger partial charge in [0.15, 0.2) is 0 Å². The minimum Gasteiger partial charge on any atom is -0.352 e. The number of amides is 1. The Morgan fingerprint density at radius 3 is 2.08 bits per heavy atom. The lowest BCUT2D eigenvalue weighted by molar-refractivity contribution is -0.143. The zero-order valence-electron chi connectivity index (χ0n) is 20.8. The molecule has 0 saturated carbocycles. The molecule has 38 heavy (non-hydrogen) atoms. The highest BCUT2D eigenvalue weighted by atomic mass is 32.1. The third-order valence-electron chi connectivity index (χ3n) is 7.03. The molecule has 204 valence electrons. The Morgan fingerprint density at radius 1 is 0.895 bits per heavy atom. The quantitative estimate of drug-likeness (QED) is 0.337. The number of rotatable bonds is 3. The number of thiophene rings is 1. The average Bonchev–Trinajstić information content (AvgIpc) is 3.25. The van der Waals surface area contributed by atoms with Gasteiger partial charge in [-0.25, -0.2) is 9.97 Å². The van der Waals surface area contributed by atoms with Gasteiger partial charge < -0.3 is 9.80 Å². The second-order valence-electron chi connectivity index (χ2n) is 10.0. The maximum absolute atomic E-state index is 13.3. The van der Waals surface area contributed by atoms with E-state index in [0.717, 1.165) is 41.7 Å². The fourth-order valence-electron chi connectivity index (χ4n) is 5.02. The minimum atomic E-state index is -5.01. The molecule has 0 radical (unpaired) electrons. The van der Waals surface area contributed by atoms with Crippen molar-refractivity contribution >= 4 is 33.3 Å². The van der Waals surface area contributed by atoms with Crippen LogP contribution in [0.5, 0.6) is 0 Å². The number of fused-ring (bicyclic) bond motifs is 3. The van der Waals surface area contributed by atoms with E-state index >= 15 is 0 Å². The van der Waals surface area contributed by atoms with Crippen molar-refractivity contribution in [3.05, 3.63) is 51.2 Å². The minimum absolute atomic E-state index is 0.0307. The van der Waals surface area contributed by atoms with Crippen molar-refractivity contribution in [2.45, 2.75) is 57.8 Å². The Labute approximate surface area is 219 Å². The lowest BCUT2D eigenvalue weighted by Gasteiger charge is -2.36. The summed E-state index contributed by atoms with van der Waals surface area (Å²) in [5, 5.41) is 1.03. The van der Waals surface area contributed by atoms with E-state index in [1.807, 2.05) is 13.8 Å². The van der Waals surface area contributed by atoms with E-state index in [0.29, 0.717) is 31.0 Å². The normalized spacial score (nSPS) is 16.9. The number of anilines is 1. The molecule has 0 spiro atoms. The van der Waals surface area contributed by atoms with Crippen LogP contribution in [0, 0.1) is 0 Å². The number of alkyl halides is 6. The summed E-state index contributed by atoms with van der Waals surface area (Å²) in [7, 11) is 0. The number of aryl methyl sites for hydroxylation is 2. The van der Waals surface area contributed by atoms with Gasteiger partial charge in [0, 0.05) is 42.5 Å². The third-order valence-corrected chi connectivity index (χ3v) is 8.22. The van der Waals surface area contributed by atoms with Crippen LogP contribution in [0.3, 0.4) is 0 Å². The predicted molar refractivity (Wildman–Crippen MR) is 133 cm³/mol. The van der Waals surface area contributed by atoms with Gasteiger partial charge in [-0.1, -0.05) is 13.8 Å². The Hall–Kier alpha value is -2.89. The highest BCUT2D eigenvalue weighted by molar-refractivity contribution is 7.19. The summed E-state index contributed by atoms with van der Waals surface area (Å²) in [5.74, 6) is 0.755. The Balaban J connectivity index is 1.42. The fourth-order valence-corrected chi connectivity index (χ4v) is 6.29. The van der Waals surface area contributed by atoms with Crippen LogP contribution < -0.4 is 4.90 Å². The van der Waals surface area contributed by atoms with E-state index in [1.54, 1.807) is 11.3 Å². The summed E-state index contributed by atoms with van der Waals surface area (Å²) in [5.41, 5.74) is -2.36. The summed E-state index contributed by atoms with van der Waals surface area (Å²) >= 11 is 1.69. The zero-order chi connectivity index (χ0) is 27.4. The van der Waals surface area contributed by atoms with Crippen molar-refractivity contribution in [1.29, 1.82) is 0 Å². The van der Waals surface area contributed by atoms with Crippen LogP contribution in [0.15, 0.2) is 18.2 Å². The molecule has 1 saturated heterocycles. The first-order chi connectivity index (χ1) is 17.8. The number of halogens is 6. The summed E-state index contributed by atoms with van der Waals surface area (Å²) in [6.07, 6.45) is -5.86. The van der Waals surface area contributed by atoms with Crippen molar-refractivity contribution < 1.29 is 31.1 Å². The number of piperazine rings is 1. The van der Waals surface area contributed by atoms with Gasteiger partial charge in [-0.2, -0.15) is 26.3 Å². The van der Waals surface area contributed by atoms with Gasteiger partial charge in [0.1, 0.15) is 16.5 Å². The maximum Gasteiger partial charge on any atom is 0.416 e. The standard InChI is InChI=1S/C26H26F6N4OS/c1-14(2)21-33-22(20-18-5-3-4-6-19(18)38-23(20)34-21)35-7-9-36(10-8-35)24(37)15-11-16(25(27,28)29)13-17(12-15)26(30,31)32/h11-14H,3-10H2,1-2H3. The summed E-state index contributed by atoms with van der Waals surface area (Å²) in [6.45, 7) is 5.02. The third kappa shape index (κ3) is 5.06. The molecule has 1 aliphatic heterocycles. The van der Waals surface area contributed by atoms with Gasteiger partial charge >= 0.3 is 12.4 Å². The Kier molecular flexibility index (Phi) is 6.81. The van der Waals surface area contributed by atoms with E-state index in [9.17, 15) is 31.1 Å². The van der Waals surface area contributed by atoms with E-state index in [2.05, 4.69) is 4.90 Å². The molecule has 1 fully saturated rings. The fraction of sp³-hybridized carbons (Fsp3) is 0.500. The van der Waals surface area contributed by atoms with Crippen molar-refractivity contribution in [3.63, 3.8) is 0 Å². The van der Waals surface area contributed by atoms with E-state index < -0.39 is 35.0 Å². The monoisotopic (exact) mass is 556 g/mol. The van der Waals surface area contributed by atoms with Crippen molar-refractivity contribution in [1.82, 2.24) is 14.9 Å². The number of aromatic nitrogens is 2. The molecule has 3 heterocycles. The molecule has 0 atom stereocenters. The van der Waals surface area contributed by atoms with Crippen LogP contribution in [0.25, 0.3) is 10.2 Å². The number of nitrogens with zero attached hydrogens (tertiary/aromatic N) is 4. The van der Waals surface area contributed by atoms with Gasteiger partial charge in [-0.3, -0.25) is 4.79 Å². The SMILES string of the molecule is CC(C)c1nc(N2CCN(C(=O)c3cc(C(F)(F)F)cc(C(F)(F)F)c3)CC2)c2c3c(sc2n1)CCCC3. The Bertz CT molecular complexity index is 1340. The first-order valence-corrected chi connectivity index (χ1v) is 13.3. The second kappa shape index (κ2) is 9.69. The average molecular weight is 557 g/mol. The molecular formula is C26H26F6N4OS. The van der Waals surface area contributed by atoms with Gasteiger partial charge in [0.05, 0.1) is 16.5 Å². The molecule has 3 aromatic rings. The smallest absolute Gasteiger partial charge is 0.352 e. The molecule has 2 aromatic heterocycles. The molecule has 2 aliphatic rings. The summed E-state index contributed by atoms with van der Waals surface area (Å²) in [4.78, 5) is 28.4. The van der Waals surface area contributed by atoms with Crippen LogP contribution in [0.2, 0.25) is 0 Å². The van der Waals surface area contributed by atoms with Gasteiger partial charge in [-0.05, 0) is 49.4 Å². The van der Waals surface area contributed by atoms with Gasteiger partial charge in [-0.15, -0.1) is 11.3 Å². The highest BCUT2D eigenvalue weighted by Crippen LogP contribution is 2.41. The molecule has 5 rings (SSSR count). The zero-order valence-corrected chi connectivity index (χ0v) is 21.7. The van der Waals surface area contributed by atoms with Crippen LogP contribution in [0.4, 0.5) is 32.2 Å². The molecule has 0 bridgehead atoms. The molecule has 5 nitrogen and oxygen atoms in total. The molecule has 0 unspecified atom stereocenters. The van der Waals surface area contributed by atoms with Crippen molar-refractivity contribution in [2.75, 3.05) is 31.1 Å². The van der Waals surface area contributed by atoms with E-state index in [-0.39, 0.29) is 25.1 Å². The van der Waals surface area contributed by atoms with E-state index in [4.69, 9.17) is 9.97 Å². The topological polar surface area (TPSA) is 49.3 Å². The Morgan fingerprint density at radius 2 is 1.50 bits per heavy atom. The first kappa shape index (κ1) is 26.7. The molecular weight excluding hydrogens is 530 g/mol.